The SMILES string of the molecule is CCCCN1C(=S)N[C@@H](c2ccccn2)[C@@H]1c1sccc1C. The average Bonchev–Trinajstić information content (AvgIpc) is 3.09. The predicted octanol–water partition coefficient (Wildman–Crippen LogP) is 4.22. The van der Waals surface area contributed by atoms with Gasteiger partial charge in [-0.05, 0) is 54.7 Å². The molecule has 1 N–H and O–H groups in total. The Morgan fingerprint density at radius 2 is 2.23 bits per heavy atom. The van der Waals surface area contributed by atoms with Crippen LogP contribution >= 0.6 is 23.6 Å². The first-order valence-corrected chi connectivity index (χ1v) is 9.03. The second-order valence-electron chi connectivity index (χ2n) is 5.64. The third kappa shape index (κ3) is 2.88. The molecule has 0 aliphatic carbocycles. The molecule has 0 amide bonds. The molecule has 3 heterocycles. The lowest BCUT2D eigenvalue weighted by Gasteiger charge is -2.27. The number of hydrogen-bond acceptors (Lipinski definition) is 3. The van der Waals surface area contributed by atoms with Crippen LogP contribution < -0.4 is 5.32 Å². The molecule has 2 aromatic rings. The quantitative estimate of drug-likeness (QED) is 0.830. The van der Waals surface area contributed by atoms with Crippen LogP contribution in [-0.2, 0) is 0 Å². The van der Waals surface area contributed by atoms with Crippen LogP contribution in [0.25, 0.3) is 0 Å². The second kappa shape index (κ2) is 6.75. The topological polar surface area (TPSA) is 28.2 Å². The van der Waals surface area contributed by atoms with Gasteiger partial charge in [-0.3, -0.25) is 4.98 Å². The molecule has 0 unspecified atom stereocenters. The van der Waals surface area contributed by atoms with E-state index >= 15 is 0 Å². The van der Waals surface area contributed by atoms with Gasteiger partial charge in [0.1, 0.15) is 0 Å². The summed E-state index contributed by atoms with van der Waals surface area (Å²) in [6.07, 6.45) is 4.17. The van der Waals surface area contributed by atoms with E-state index < -0.39 is 0 Å². The summed E-state index contributed by atoms with van der Waals surface area (Å²) in [4.78, 5) is 8.29. The molecule has 0 aromatic carbocycles. The number of pyridine rings is 1. The number of unbranched alkanes of at least 4 members (excludes halogenated alkanes) is 1. The summed E-state index contributed by atoms with van der Waals surface area (Å²) in [6, 6.07) is 8.64. The maximum atomic E-state index is 5.62. The molecule has 0 bridgehead atoms. The Kier molecular flexibility index (Phi) is 4.74. The lowest BCUT2D eigenvalue weighted by Crippen LogP contribution is -2.30. The van der Waals surface area contributed by atoms with Crippen molar-refractivity contribution in [1.29, 1.82) is 0 Å². The molecule has 2 aromatic heterocycles. The molecule has 3 rings (SSSR count). The predicted molar refractivity (Wildman–Crippen MR) is 96.1 cm³/mol. The van der Waals surface area contributed by atoms with Gasteiger partial charge in [-0.25, -0.2) is 0 Å². The molecule has 1 aliphatic heterocycles. The highest BCUT2D eigenvalue weighted by Gasteiger charge is 2.40. The molecule has 22 heavy (non-hydrogen) atoms. The Balaban J connectivity index is 1.99. The van der Waals surface area contributed by atoms with Gasteiger partial charge < -0.3 is 10.2 Å². The monoisotopic (exact) mass is 331 g/mol. The first-order chi connectivity index (χ1) is 10.7. The molecular weight excluding hydrogens is 310 g/mol. The summed E-state index contributed by atoms with van der Waals surface area (Å²) < 4.78 is 0. The van der Waals surface area contributed by atoms with Gasteiger partial charge in [-0.15, -0.1) is 11.3 Å². The molecular formula is C17H21N3S2. The fraction of sp³-hybridized carbons (Fsp3) is 0.412. The highest BCUT2D eigenvalue weighted by Crippen LogP contribution is 2.41. The molecule has 1 saturated heterocycles. The molecule has 3 nitrogen and oxygen atoms in total. The number of aryl methyl sites for hydroxylation is 1. The molecule has 1 aliphatic rings. The van der Waals surface area contributed by atoms with Crippen molar-refractivity contribution in [2.75, 3.05) is 6.54 Å². The molecule has 2 atom stereocenters. The minimum absolute atomic E-state index is 0.128. The third-order valence-corrected chi connectivity index (χ3v) is 5.56. The highest BCUT2D eigenvalue weighted by molar-refractivity contribution is 7.80. The lowest BCUT2D eigenvalue weighted by atomic mass is 10.0. The van der Waals surface area contributed by atoms with Gasteiger partial charge in [0, 0.05) is 17.6 Å². The van der Waals surface area contributed by atoms with E-state index in [4.69, 9.17) is 12.2 Å². The minimum Gasteiger partial charge on any atom is -0.352 e. The van der Waals surface area contributed by atoms with Gasteiger partial charge in [0.25, 0.3) is 0 Å². The van der Waals surface area contributed by atoms with Crippen LogP contribution in [0.1, 0.15) is 48.0 Å². The normalized spacial score (nSPS) is 21.2. The van der Waals surface area contributed by atoms with Gasteiger partial charge in [0.15, 0.2) is 5.11 Å². The standard InChI is InChI=1S/C17H21N3S2/c1-3-4-10-20-15(16-12(2)8-11-22-16)14(19-17(20)21)13-7-5-6-9-18-13/h5-9,11,14-15H,3-4,10H2,1-2H3,(H,19,21)/t14-,15+/m0/s1. The molecule has 0 spiro atoms. The number of hydrogen-bond donors (Lipinski definition) is 1. The van der Waals surface area contributed by atoms with Crippen LogP contribution in [0.15, 0.2) is 35.8 Å². The van der Waals surface area contributed by atoms with Crippen LogP contribution in [0.5, 0.6) is 0 Å². The summed E-state index contributed by atoms with van der Waals surface area (Å²) in [7, 11) is 0. The van der Waals surface area contributed by atoms with Crippen molar-refractivity contribution in [3.63, 3.8) is 0 Å². The van der Waals surface area contributed by atoms with Crippen molar-refractivity contribution in [1.82, 2.24) is 15.2 Å². The van der Waals surface area contributed by atoms with Gasteiger partial charge in [0.2, 0.25) is 0 Å². The Bertz CT molecular complexity index is 638. The zero-order chi connectivity index (χ0) is 15.5. The Morgan fingerprint density at radius 1 is 1.36 bits per heavy atom. The van der Waals surface area contributed by atoms with Gasteiger partial charge in [-0.2, -0.15) is 0 Å². The fourth-order valence-electron chi connectivity index (χ4n) is 2.95. The number of rotatable bonds is 5. The van der Waals surface area contributed by atoms with Gasteiger partial charge >= 0.3 is 0 Å². The Hall–Kier alpha value is -1.46. The van der Waals surface area contributed by atoms with Crippen molar-refractivity contribution >= 4 is 28.7 Å². The molecule has 0 radical (unpaired) electrons. The van der Waals surface area contributed by atoms with Crippen molar-refractivity contribution in [3.05, 3.63) is 52.0 Å². The van der Waals surface area contributed by atoms with Crippen LogP contribution in [0, 0.1) is 6.92 Å². The van der Waals surface area contributed by atoms with Crippen LogP contribution in [-0.4, -0.2) is 21.5 Å². The Morgan fingerprint density at radius 3 is 2.86 bits per heavy atom. The van der Waals surface area contributed by atoms with E-state index in [1.54, 1.807) is 0 Å². The molecule has 1 fully saturated rings. The third-order valence-electron chi connectivity index (χ3n) is 4.12. The lowest BCUT2D eigenvalue weighted by molar-refractivity contribution is 0.316. The van der Waals surface area contributed by atoms with E-state index in [0.717, 1.165) is 23.8 Å². The Labute approximate surface area is 141 Å². The van der Waals surface area contributed by atoms with E-state index in [1.807, 2.05) is 29.7 Å². The number of nitrogens with one attached hydrogen (secondary N) is 1. The fourth-order valence-corrected chi connectivity index (χ4v) is 4.35. The number of thiophene rings is 1. The van der Waals surface area contributed by atoms with Crippen LogP contribution in [0.2, 0.25) is 0 Å². The first-order valence-electron chi connectivity index (χ1n) is 7.74. The first kappa shape index (κ1) is 15.4. The van der Waals surface area contributed by atoms with E-state index in [1.165, 1.54) is 16.9 Å². The highest BCUT2D eigenvalue weighted by atomic mass is 32.1. The summed E-state index contributed by atoms with van der Waals surface area (Å²) >= 11 is 7.43. The second-order valence-corrected chi connectivity index (χ2v) is 6.98. The largest absolute Gasteiger partial charge is 0.352 e. The van der Waals surface area contributed by atoms with Crippen molar-refractivity contribution in [2.45, 2.75) is 38.8 Å². The zero-order valence-electron chi connectivity index (χ0n) is 13.0. The van der Waals surface area contributed by atoms with Gasteiger partial charge in [0.05, 0.1) is 17.8 Å². The maximum Gasteiger partial charge on any atom is 0.170 e. The van der Waals surface area contributed by atoms with Crippen LogP contribution in [0.3, 0.4) is 0 Å². The minimum atomic E-state index is 0.128. The van der Waals surface area contributed by atoms with Crippen molar-refractivity contribution in [2.24, 2.45) is 0 Å². The number of nitrogens with zero attached hydrogens (tertiary/aromatic N) is 2. The average molecular weight is 332 g/mol. The zero-order valence-corrected chi connectivity index (χ0v) is 14.6. The van der Waals surface area contributed by atoms with Crippen LogP contribution in [0.4, 0.5) is 0 Å². The number of thiocarbonyl (C=S) groups is 1. The molecule has 116 valence electrons. The van der Waals surface area contributed by atoms with E-state index in [0.29, 0.717) is 0 Å². The van der Waals surface area contributed by atoms with Gasteiger partial charge in [-0.1, -0.05) is 19.4 Å². The van der Waals surface area contributed by atoms with Crippen molar-refractivity contribution < 1.29 is 0 Å². The smallest absolute Gasteiger partial charge is 0.170 e. The van der Waals surface area contributed by atoms with E-state index in [2.05, 4.69) is 46.6 Å². The summed E-state index contributed by atoms with van der Waals surface area (Å²) in [5.41, 5.74) is 2.39. The maximum absolute atomic E-state index is 5.62. The summed E-state index contributed by atoms with van der Waals surface area (Å²) in [5, 5.41) is 6.51. The molecule has 5 heteroatoms. The van der Waals surface area contributed by atoms with E-state index in [-0.39, 0.29) is 12.1 Å². The molecule has 0 saturated carbocycles. The summed E-state index contributed by atoms with van der Waals surface area (Å²) in [6.45, 7) is 5.39. The summed E-state index contributed by atoms with van der Waals surface area (Å²) in [5.74, 6) is 0. The number of aromatic nitrogens is 1. The van der Waals surface area contributed by atoms with E-state index in [9.17, 15) is 0 Å². The van der Waals surface area contributed by atoms with Crippen molar-refractivity contribution in [3.8, 4) is 0 Å².